The molecule has 4 heteroatoms. The molecular formula is C14H25N3O. The first-order valence-electron chi connectivity index (χ1n) is 6.72. The molecule has 0 saturated heterocycles. The Kier molecular flexibility index (Phi) is 5.38. The second kappa shape index (κ2) is 6.57. The molecule has 1 unspecified atom stereocenters. The van der Waals surface area contributed by atoms with Gasteiger partial charge < -0.3 is 10.5 Å². The molecule has 0 aromatic carbocycles. The van der Waals surface area contributed by atoms with Crippen LogP contribution < -0.4 is 10.5 Å². The minimum atomic E-state index is 0.253. The molecule has 1 atom stereocenters. The van der Waals surface area contributed by atoms with Gasteiger partial charge in [-0.05, 0) is 19.3 Å². The first-order valence-corrected chi connectivity index (χ1v) is 6.72. The predicted octanol–water partition coefficient (Wildman–Crippen LogP) is 3.31. The Balaban J connectivity index is 2.81. The zero-order chi connectivity index (χ0) is 13.7. The second-order valence-electron chi connectivity index (χ2n) is 5.26. The molecule has 0 spiro atoms. The lowest BCUT2D eigenvalue weighted by Crippen LogP contribution is -2.13. The van der Waals surface area contributed by atoms with Gasteiger partial charge in [-0.1, -0.05) is 34.1 Å². The molecular weight excluding hydrogens is 226 g/mol. The quantitative estimate of drug-likeness (QED) is 0.842. The molecule has 0 bridgehead atoms. The molecule has 0 aliphatic rings. The van der Waals surface area contributed by atoms with Crippen LogP contribution in [0.4, 0.5) is 5.82 Å². The third kappa shape index (κ3) is 3.86. The van der Waals surface area contributed by atoms with E-state index in [4.69, 9.17) is 10.5 Å². The number of rotatable bonds is 6. The normalized spacial score (nSPS) is 12.8. The van der Waals surface area contributed by atoms with E-state index in [9.17, 15) is 0 Å². The lowest BCUT2D eigenvalue weighted by Gasteiger charge is -2.15. The molecule has 1 rings (SSSR count). The fourth-order valence-corrected chi connectivity index (χ4v) is 1.73. The van der Waals surface area contributed by atoms with E-state index in [2.05, 4.69) is 23.8 Å². The summed E-state index contributed by atoms with van der Waals surface area (Å²) in [5, 5.41) is 0. The van der Waals surface area contributed by atoms with Gasteiger partial charge in [0.2, 0.25) is 5.88 Å². The number of hydrogen-bond acceptors (Lipinski definition) is 4. The summed E-state index contributed by atoms with van der Waals surface area (Å²) in [5.41, 5.74) is 6.73. The van der Waals surface area contributed by atoms with E-state index in [1.54, 1.807) is 0 Å². The summed E-state index contributed by atoms with van der Waals surface area (Å²) in [7, 11) is 0. The lowest BCUT2D eigenvalue weighted by atomic mass is 10.1. The molecule has 0 radical (unpaired) electrons. The zero-order valence-corrected chi connectivity index (χ0v) is 12.2. The van der Waals surface area contributed by atoms with Crippen molar-refractivity contribution in [2.75, 3.05) is 12.3 Å². The Bertz CT molecular complexity index is 391. The lowest BCUT2D eigenvalue weighted by molar-refractivity contribution is 0.240. The number of ether oxygens (including phenoxy) is 1. The standard InChI is InChI=1S/C14H25N3O/c1-6-7-10(4)8-18-14-11(5)12(15)16-13(17-14)9(2)3/h9-10H,6-8H2,1-5H3,(H2,15,16,17). The molecule has 0 amide bonds. The van der Waals surface area contributed by atoms with Gasteiger partial charge in [-0.2, -0.15) is 4.98 Å². The molecule has 1 aromatic heterocycles. The van der Waals surface area contributed by atoms with Gasteiger partial charge >= 0.3 is 0 Å². The van der Waals surface area contributed by atoms with Gasteiger partial charge in [0.25, 0.3) is 0 Å². The van der Waals surface area contributed by atoms with Crippen LogP contribution in [0.2, 0.25) is 0 Å². The van der Waals surface area contributed by atoms with Gasteiger partial charge in [-0.3, -0.25) is 0 Å². The Morgan fingerprint density at radius 3 is 2.44 bits per heavy atom. The zero-order valence-electron chi connectivity index (χ0n) is 12.2. The van der Waals surface area contributed by atoms with Crippen LogP contribution in [-0.2, 0) is 0 Å². The molecule has 2 N–H and O–H groups in total. The van der Waals surface area contributed by atoms with Crippen LogP contribution in [0.5, 0.6) is 5.88 Å². The molecule has 4 nitrogen and oxygen atoms in total. The van der Waals surface area contributed by atoms with Crippen LogP contribution in [0, 0.1) is 12.8 Å². The van der Waals surface area contributed by atoms with Crippen molar-refractivity contribution in [2.45, 2.75) is 53.4 Å². The van der Waals surface area contributed by atoms with Gasteiger partial charge in [0, 0.05) is 5.92 Å². The van der Waals surface area contributed by atoms with Crippen molar-refractivity contribution in [3.63, 3.8) is 0 Å². The van der Waals surface area contributed by atoms with Crippen LogP contribution in [0.3, 0.4) is 0 Å². The number of nitrogens with two attached hydrogens (primary N) is 1. The molecule has 0 aliphatic heterocycles. The Labute approximate surface area is 110 Å². The molecule has 0 saturated carbocycles. The highest BCUT2D eigenvalue weighted by molar-refractivity contribution is 5.44. The van der Waals surface area contributed by atoms with Crippen molar-refractivity contribution in [1.29, 1.82) is 0 Å². The molecule has 18 heavy (non-hydrogen) atoms. The SMILES string of the molecule is CCCC(C)COc1nc(C(C)C)nc(N)c1C. The Morgan fingerprint density at radius 1 is 1.22 bits per heavy atom. The van der Waals surface area contributed by atoms with Crippen LogP contribution >= 0.6 is 0 Å². The summed E-state index contributed by atoms with van der Waals surface area (Å²) in [6.07, 6.45) is 2.34. The van der Waals surface area contributed by atoms with Gasteiger partial charge in [0.1, 0.15) is 11.6 Å². The predicted molar refractivity (Wildman–Crippen MR) is 74.8 cm³/mol. The van der Waals surface area contributed by atoms with Crippen LogP contribution in [-0.4, -0.2) is 16.6 Å². The van der Waals surface area contributed by atoms with Crippen molar-refractivity contribution in [3.8, 4) is 5.88 Å². The molecule has 1 heterocycles. The third-order valence-electron chi connectivity index (χ3n) is 2.96. The highest BCUT2D eigenvalue weighted by Crippen LogP contribution is 2.23. The summed E-state index contributed by atoms with van der Waals surface area (Å²) >= 11 is 0. The number of hydrogen-bond donors (Lipinski definition) is 1. The minimum Gasteiger partial charge on any atom is -0.477 e. The third-order valence-corrected chi connectivity index (χ3v) is 2.96. The summed E-state index contributed by atoms with van der Waals surface area (Å²) in [4.78, 5) is 8.73. The summed E-state index contributed by atoms with van der Waals surface area (Å²) in [6, 6.07) is 0. The van der Waals surface area contributed by atoms with Crippen molar-refractivity contribution < 1.29 is 4.74 Å². The van der Waals surface area contributed by atoms with E-state index >= 15 is 0 Å². The van der Waals surface area contributed by atoms with Crippen molar-refractivity contribution >= 4 is 5.82 Å². The number of nitrogens with zero attached hydrogens (tertiary/aromatic N) is 2. The van der Waals surface area contributed by atoms with E-state index < -0.39 is 0 Å². The molecule has 1 aromatic rings. The van der Waals surface area contributed by atoms with Crippen LogP contribution in [0.1, 0.15) is 57.8 Å². The number of nitrogen functional groups attached to an aromatic ring is 1. The number of anilines is 1. The summed E-state index contributed by atoms with van der Waals surface area (Å²) in [5.74, 6) is 2.69. The van der Waals surface area contributed by atoms with Gasteiger partial charge in [-0.15, -0.1) is 0 Å². The largest absolute Gasteiger partial charge is 0.477 e. The number of aromatic nitrogens is 2. The molecule has 0 fully saturated rings. The van der Waals surface area contributed by atoms with Gasteiger partial charge in [-0.25, -0.2) is 4.98 Å². The van der Waals surface area contributed by atoms with Gasteiger partial charge in [0.05, 0.1) is 12.2 Å². The van der Waals surface area contributed by atoms with Crippen molar-refractivity contribution in [1.82, 2.24) is 9.97 Å². The van der Waals surface area contributed by atoms with Crippen molar-refractivity contribution in [2.24, 2.45) is 5.92 Å². The van der Waals surface area contributed by atoms with E-state index in [1.165, 1.54) is 6.42 Å². The molecule has 0 aliphatic carbocycles. The second-order valence-corrected chi connectivity index (χ2v) is 5.26. The van der Waals surface area contributed by atoms with Crippen molar-refractivity contribution in [3.05, 3.63) is 11.4 Å². The smallest absolute Gasteiger partial charge is 0.221 e. The fraction of sp³-hybridized carbons (Fsp3) is 0.714. The van der Waals surface area contributed by atoms with E-state index in [0.717, 1.165) is 17.8 Å². The maximum Gasteiger partial charge on any atom is 0.221 e. The van der Waals surface area contributed by atoms with Gasteiger partial charge in [0.15, 0.2) is 0 Å². The Morgan fingerprint density at radius 2 is 1.89 bits per heavy atom. The van der Waals surface area contributed by atoms with Crippen LogP contribution in [0.15, 0.2) is 0 Å². The summed E-state index contributed by atoms with van der Waals surface area (Å²) < 4.78 is 5.79. The van der Waals surface area contributed by atoms with E-state index in [-0.39, 0.29) is 5.92 Å². The van der Waals surface area contributed by atoms with E-state index in [0.29, 0.717) is 24.2 Å². The summed E-state index contributed by atoms with van der Waals surface area (Å²) in [6.45, 7) is 11.1. The monoisotopic (exact) mass is 251 g/mol. The fourth-order valence-electron chi connectivity index (χ4n) is 1.73. The first-order chi connectivity index (χ1) is 8.45. The minimum absolute atomic E-state index is 0.253. The topological polar surface area (TPSA) is 61.0 Å². The highest BCUT2D eigenvalue weighted by atomic mass is 16.5. The Hall–Kier alpha value is -1.32. The maximum absolute atomic E-state index is 5.89. The van der Waals surface area contributed by atoms with E-state index in [1.807, 2.05) is 20.8 Å². The molecule has 102 valence electrons. The average Bonchev–Trinajstić information content (AvgIpc) is 2.31. The highest BCUT2D eigenvalue weighted by Gasteiger charge is 2.13. The average molecular weight is 251 g/mol. The maximum atomic E-state index is 5.89. The van der Waals surface area contributed by atoms with Crippen LogP contribution in [0.25, 0.3) is 0 Å². The first kappa shape index (κ1) is 14.7.